The van der Waals surface area contributed by atoms with Crippen LogP contribution < -0.4 is 0 Å². The van der Waals surface area contributed by atoms with E-state index in [1.165, 1.54) is 6.07 Å². The Hall–Kier alpha value is -1.09. The van der Waals surface area contributed by atoms with Crippen molar-refractivity contribution < 1.29 is 9.50 Å². The van der Waals surface area contributed by atoms with Gasteiger partial charge in [-0.15, -0.1) is 0 Å². The van der Waals surface area contributed by atoms with Crippen LogP contribution in [0.1, 0.15) is 5.56 Å². The number of benzene rings is 2. The molecule has 0 fully saturated rings. The molecule has 0 saturated carbocycles. The summed E-state index contributed by atoms with van der Waals surface area (Å²) in [6, 6.07) is 6.67. The first kappa shape index (κ1) is 9.46. The minimum atomic E-state index is -0.595. The van der Waals surface area contributed by atoms with E-state index < -0.39 is 5.82 Å². The second-order valence-corrected chi connectivity index (χ2v) is 4.10. The fourth-order valence-corrected chi connectivity index (χ4v) is 2.29. The summed E-state index contributed by atoms with van der Waals surface area (Å²) in [5.41, 5.74) is 1.07. The predicted molar refractivity (Wildman–Crippen MR) is 58.0 cm³/mol. The van der Waals surface area contributed by atoms with E-state index in [1.54, 1.807) is 6.07 Å². The standard InChI is InChI=1S/C11H8BrFO/c1-6-4-7-2-3-9(13)11(14)10(7)8(12)5-6/h2-5,14H,1H3. The third-order valence-electron chi connectivity index (χ3n) is 2.14. The highest BCUT2D eigenvalue weighted by Gasteiger charge is 2.09. The molecular formula is C11H8BrFO. The first-order chi connectivity index (χ1) is 6.59. The summed E-state index contributed by atoms with van der Waals surface area (Å²) < 4.78 is 13.8. The fraction of sp³-hybridized carbons (Fsp3) is 0.0909. The molecule has 0 radical (unpaired) electrons. The van der Waals surface area contributed by atoms with Crippen molar-refractivity contribution in [2.45, 2.75) is 6.92 Å². The van der Waals surface area contributed by atoms with Crippen LogP contribution in [-0.4, -0.2) is 5.11 Å². The maximum atomic E-state index is 13.1. The summed E-state index contributed by atoms with van der Waals surface area (Å²) in [5, 5.41) is 10.9. The van der Waals surface area contributed by atoms with Crippen LogP contribution in [0.2, 0.25) is 0 Å². The molecule has 0 saturated heterocycles. The van der Waals surface area contributed by atoms with E-state index in [-0.39, 0.29) is 5.75 Å². The van der Waals surface area contributed by atoms with E-state index in [9.17, 15) is 9.50 Å². The molecule has 0 spiro atoms. The first-order valence-corrected chi connectivity index (χ1v) is 4.96. The van der Waals surface area contributed by atoms with Crippen molar-refractivity contribution in [2.75, 3.05) is 0 Å². The number of hydrogen-bond acceptors (Lipinski definition) is 1. The van der Waals surface area contributed by atoms with Gasteiger partial charge in [0, 0.05) is 9.86 Å². The third kappa shape index (κ3) is 1.38. The number of phenolic OH excluding ortho intramolecular Hbond substituents is 1. The van der Waals surface area contributed by atoms with Gasteiger partial charge in [-0.3, -0.25) is 0 Å². The SMILES string of the molecule is Cc1cc(Br)c2c(O)c(F)ccc2c1. The highest BCUT2D eigenvalue weighted by atomic mass is 79.9. The molecule has 0 amide bonds. The Morgan fingerprint density at radius 1 is 1.29 bits per heavy atom. The van der Waals surface area contributed by atoms with Crippen LogP contribution in [0.5, 0.6) is 5.75 Å². The Morgan fingerprint density at radius 3 is 2.71 bits per heavy atom. The van der Waals surface area contributed by atoms with E-state index in [0.29, 0.717) is 9.86 Å². The molecule has 2 rings (SSSR count). The third-order valence-corrected chi connectivity index (χ3v) is 2.76. The average molecular weight is 255 g/mol. The molecule has 0 aromatic heterocycles. The molecule has 1 N–H and O–H groups in total. The first-order valence-electron chi connectivity index (χ1n) is 4.17. The second-order valence-electron chi connectivity index (χ2n) is 3.24. The van der Waals surface area contributed by atoms with E-state index in [0.717, 1.165) is 10.9 Å². The minimum Gasteiger partial charge on any atom is -0.504 e. The van der Waals surface area contributed by atoms with Gasteiger partial charge in [0.25, 0.3) is 0 Å². The molecule has 0 unspecified atom stereocenters. The molecule has 0 aliphatic heterocycles. The van der Waals surface area contributed by atoms with Crippen molar-refractivity contribution in [1.29, 1.82) is 0 Å². The Labute approximate surface area is 89.3 Å². The van der Waals surface area contributed by atoms with Gasteiger partial charge in [-0.05, 0) is 30.0 Å². The summed E-state index contributed by atoms with van der Waals surface area (Å²) in [5.74, 6) is -0.892. The van der Waals surface area contributed by atoms with E-state index in [4.69, 9.17) is 0 Å². The van der Waals surface area contributed by atoms with E-state index >= 15 is 0 Å². The van der Waals surface area contributed by atoms with Crippen LogP contribution in [0, 0.1) is 12.7 Å². The molecule has 14 heavy (non-hydrogen) atoms. The molecular weight excluding hydrogens is 247 g/mol. The smallest absolute Gasteiger partial charge is 0.165 e. The Balaban J connectivity index is 2.95. The van der Waals surface area contributed by atoms with Gasteiger partial charge in [-0.1, -0.05) is 28.1 Å². The van der Waals surface area contributed by atoms with Crippen molar-refractivity contribution in [3.63, 3.8) is 0 Å². The monoisotopic (exact) mass is 254 g/mol. The van der Waals surface area contributed by atoms with Gasteiger partial charge in [0.1, 0.15) is 0 Å². The highest BCUT2D eigenvalue weighted by Crippen LogP contribution is 2.34. The van der Waals surface area contributed by atoms with Crippen molar-refractivity contribution in [3.8, 4) is 5.75 Å². The van der Waals surface area contributed by atoms with Crippen LogP contribution >= 0.6 is 15.9 Å². The van der Waals surface area contributed by atoms with Gasteiger partial charge < -0.3 is 5.11 Å². The lowest BCUT2D eigenvalue weighted by Crippen LogP contribution is -1.82. The Kier molecular flexibility index (Phi) is 2.19. The maximum Gasteiger partial charge on any atom is 0.165 e. The molecule has 0 aliphatic carbocycles. The molecule has 2 aromatic carbocycles. The lowest BCUT2D eigenvalue weighted by molar-refractivity contribution is 0.438. The largest absolute Gasteiger partial charge is 0.504 e. The van der Waals surface area contributed by atoms with Crippen LogP contribution in [0.4, 0.5) is 4.39 Å². The van der Waals surface area contributed by atoms with Gasteiger partial charge >= 0.3 is 0 Å². The summed E-state index contributed by atoms with van der Waals surface area (Å²) in [6.45, 7) is 1.95. The Bertz CT molecular complexity index is 508. The zero-order chi connectivity index (χ0) is 10.3. The van der Waals surface area contributed by atoms with Crippen LogP contribution in [0.15, 0.2) is 28.7 Å². The number of aromatic hydroxyl groups is 1. The van der Waals surface area contributed by atoms with Crippen LogP contribution in [-0.2, 0) is 0 Å². The zero-order valence-electron chi connectivity index (χ0n) is 7.51. The average Bonchev–Trinajstić information content (AvgIpc) is 2.10. The van der Waals surface area contributed by atoms with Gasteiger partial charge in [0.2, 0.25) is 0 Å². The molecule has 2 aromatic rings. The minimum absolute atomic E-state index is 0.297. The quantitative estimate of drug-likeness (QED) is 0.759. The summed E-state index contributed by atoms with van der Waals surface area (Å²) in [4.78, 5) is 0. The van der Waals surface area contributed by atoms with Gasteiger partial charge in [0.05, 0.1) is 0 Å². The molecule has 72 valence electrons. The Morgan fingerprint density at radius 2 is 2.00 bits per heavy atom. The number of halogens is 2. The number of aryl methyl sites for hydroxylation is 1. The zero-order valence-corrected chi connectivity index (χ0v) is 9.10. The number of rotatable bonds is 0. The lowest BCUT2D eigenvalue weighted by Gasteiger charge is -2.05. The maximum absolute atomic E-state index is 13.1. The number of hydrogen-bond donors (Lipinski definition) is 1. The van der Waals surface area contributed by atoms with Gasteiger partial charge in [-0.25, -0.2) is 4.39 Å². The normalized spacial score (nSPS) is 10.8. The molecule has 3 heteroatoms. The molecule has 0 heterocycles. The van der Waals surface area contributed by atoms with Crippen molar-refractivity contribution in [1.82, 2.24) is 0 Å². The van der Waals surface area contributed by atoms with Gasteiger partial charge in [0.15, 0.2) is 11.6 Å². The topological polar surface area (TPSA) is 20.2 Å². The summed E-state index contributed by atoms with van der Waals surface area (Å²) in [7, 11) is 0. The van der Waals surface area contributed by atoms with E-state index in [2.05, 4.69) is 15.9 Å². The van der Waals surface area contributed by atoms with Crippen molar-refractivity contribution in [3.05, 3.63) is 40.1 Å². The summed E-state index contributed by atoms with van der Waals surface area (Å²) in [6.07, 6.45) is 0. The highest BCUT2D eigenvalue weighted by molar-refractivity contribution is 9.10. The molecule has 0 bridgehead atoms. The van der Waals surface area contributed by atoms with Crippen molar-refractivity contribution >= 4 is 26.7 Å². The second kappa shape index (κ2) is 3.24. The molecule has 0 atom stereocenters. The van der Waals surface area contributed by atoms with Gasteiger partial charge in [-0.2, -0.15) is 0 Å². The van der Waals surface area contributed by atoms with Crippen molar-refractivity contribution in [2.24, 2.45) is 0 Å². The summed E-state index contributed by atoms with van der Waals surface area (Å²) >= 11 is 3.31. The fourth-order valence-electron chi connectivity index (χ4n) is 1.51. The van der Waals surface area contributed by atoms with Crippen LogP contribution in [0.25, 0.3) is 10.8 Å². The van der Waals surface area contributed by atoms with Crippen LogP contribution in [0.3, 0.4) is 0 Å². The predicted octanol–water partition coefficient (Wildman–Crippen LogP) is 3.76. The number of phenols is 1. The van der Waals surface area contributed by atoms with E-state index in [1.807, 2.05) is 19.1 Å². The lowest BCUT2D eigenvalue weighted by atomic mass is 10.1. The number of fused-ring (bicyclic) bond motifs is 1. The molecule has 0 aliphatic rings. The molecule has 1 nitrogen and oxygen atoms in total.